The highest BCUT2D eigenvalue weighted by atomic mass is 16.7. The van der Waals surface area contributed by atoms with E-state index in [1.165, 1.54) is 0 Å². The van der Waals surface area contributed by atoms with Crippen molar-refractivity contribution >= 4 is 17.5 Å². The Morgan fingerprint density at radius 1 is 0.953 bits per heavy atom. The first-order valence-corrected chi connectivity index (χ1v) is 14.5. The fourth-order valence-electron chi connectivity index (χ4n) is 5.14. The molecule has 0 bridgehead atoms. The summed E-state index contributed by atoms with van der Waals surface area (Å²) in [4.78, 5) is 25.7. The van der Waals surface area contributed by atoms with Gasteiger partial charge in [-0.2, -0.15) is 0 Å². The Morgan fingerprint density at radius 3 is 2.37 bits per heavy atom. The number of hydrogen-bond donors (Lipinski definition) is 5. The average molecular weight is 592 g/mol. The van der Waals surface area contributed by atoms with Gasteiger partial charge in [0, 0.05) is 43.1 Å². The van der Waals surface area contributed by atoms with Crippen molar-refractivity contribution in [2.45, 2.75) is 69.9 Å². The summed E-state index contributed by atoms with van der Waals surface area (Å²) in [6, 6.07) is 24.4. The third-order valence-electron chi connectivity index (χ3n) is 7.77. The molecule has 1 saturated heterocycles. The molecule has 0 saturated carbocycles. The zero-order valence-corrected chi connectivity index (χ0v) is 24.6. The summed E-state index contributed by atoms with van der Waals surface area (Å²) in [5, 5.41) is 32.0. The minimum Gasteiger partial charge on any atom is -0.392 e. The number of hydrogen-bond acceptors (Lipinski definition) is 8. The Bertz CT molecular complexity index is 1320. The molecule has 2 amide bonds. The Morgan fingerprint density at radius 2 is 1.67 bits per heavy atom. The van der Waals surface area contributed by atoms with E-state index in [4.69, 9.17) is 14.7 Å². The molecule has 1 aliphatic heterocycles. The molecular weight excluding hydrogens is 550 g/mol. The number of hydroxylamine groups is 1. The molecule has 230 valence electrons. The molecule has 0 radical (unpaired) electrons. The third kappa shape index (κ3) is 9.17. The Balaban J connectivity index is 1.48. The van der Waals surface area contributed by atoms with Crippen LogP contribution in [0, 0.1) is 0 Å². The zero-order chi connectivity index (χ0) is 30.8. The van der Waals surface area contributed by atoms with Crippen LogP contribution in [-0.2, 0) is 25.7 Å². The molecule has 10 nitrogen and oxygen atoms in total. The van der Waals surface area contributed by atoms with Gasteiger partial charge in [-0.1, -0.05) is 66.7 Å². The van der Waals surface area contributed by atoms with E-state index in [0.717, 1.165) is 22.3 Å². The van der Waals surface area contributed by atoms with Crippen LogP contribution in [-0.4, -0.2) is 57.9 Å². The van der Waals surface area contributed by atoms with Crippen molar-refractivity contribution in [3.05, 3.63) is 101 Å². The summed E-state index contributed by atoms with van der Waals surface area (Å²) >= 11 is 0. The van der Waals surface area contributed by atoms with Crippen LogP contribution < -0.4 is 10.8 Å². The van der Waals surface area contributed by atoms with Gasteiger partial charge in [-0.05, 0) is 49.2 Å². The molecule has 1 fully saturated rings. The molecule has 43 heavy (non-hydrogen) atoms. The number of aliphatic hydroxyl groups excluding tert-OH is 2. The number of likely N-dealkylation sites (N-methyl/N-ethyl adjacent to an activating group) is 1. The topological polar surface area (TPSA) is 141 Å². The Kier molecular flexibility index (Phi) is 11.8. The summed E-state index contributed by atoms with van der Waals surface area (Å²) in [5.74, 6) is -0.785. The van der Waals surface area contributed by atoms with Crippen LogP contribution in [0.5, 0.6) is 0 Å². The highest BCUT2D eigenvalue weighted by molar-refractivity contribution is 5.91. The van der Waals surface area contributed by atoms with Crippen LogP contribution in [0.25, 0.3) is 0 Å². The Hall–Kier alpha value is -3.64. The number of rotatable bonds is 13. The van der Waals surface area contributed by atoms with Crippen LogP contribution in [0.1, 0.15) is 73.4 Å². The number of nitrogens with one attached hydrogen (secondary N) is 2. The van der Waals surface area contributed by atoms with Crippen molar-refractivity contribution in [1.82, 2.24) is 10.4 Å². The summed E-state index contributed by atoms with van der Waals surface area (Å²) in [6.07, 6.45) is -0.826. The molecule has 5 atom stereocenters. The average Bonchev–Trinajstić information content (AvgIpc) is 3.04. The monoisotopic (exact) mass is 591 g/mol. The van der Waals surface area contributed by atoms with Gasteiger partial charge in [0.25, 0.3) is 0 Å². The second-order valence-corrected chi connectivity index (χ2v) is 10.9. The summed E-state index contributed by atoms with van der Waals surface area (Å²) in [6.45, 7) is 2.50. The van der Waals surface area contributed by atoms with E-state index in [1.54, 1.807) is 11.5 Å². The molecule has 0 aliphatic carbocycles. The molecule has 3 aromatic rings. The number of ether oxygens (including phenoxy) is 2. The third-order valence-corrected chi connectivity index (χ3v) is 7.77. The van der Waals surface area contributed by atoms with Crippen LogP contribution in [0.15, 0.2) is 78.9 Å². The van der Waals surface area contributed by atoms with Gasteiger partial charge in [0.05, 0.1) is 24.9 Å². The van der Waals surface area contributed by atoms with E-state index in [9.17, 15) is 19.8 Å². The first kappa shape index (κ1) is 32.3. The van der Waals surface area contributed by atoms with E-state index in [-0.39, 0.29) is 43.6 Å². The number of amides is 2. The van der Waals surface area contributed by atoms with E-state index in [2.05, 4.69) is 10.2 Å². The van der Waals surface area contributed by atoms with Crippen molar-refractivity contribution in [3.8, 4) is 0 Å². The molecule has 10 heteroatoms. The molecule has 5 N–H and O–H groups in total. The SMILES string of the molecule is C[C@@H]([C@H](O)c1ccccc1)N(C)C[C@@H]1C[C@H](c2ccc(CO)cc2)O[C@H](c2cccc(NC(=O)CCCC(=O)NO)c2)O1. The summed E-state index contributed by atoms with van der Waals surface area (Å²) in [5.41, 5.74) is 5.50. The number of benzene rings is 3. The lowest BCUT2D eigenvalue weighted by Gasteiger charge is -2.39. The van der Waals surface area contributed by atoms with Gasteiger partial charge < -0.3 is 25.0 Å². The fourth-order valence-corrected chi connectivity index (χ4v) is 5.14. The van der Waals surface area contributed by atoms with Gasteiger partial charge in [-0.3, -0.25) is 19.7 Å². The van der Waals surface area contributed by atoms with Gasteiger partial charge in [0.1, 0.15) is 0 Å². The van der Waals surface area contributed by atoms with Gasteiger partial charge in [-0.25, -0.2) is 5.48 Å². The first-order valence-electron chi connectivity index (χ1n) is 14.5. The second-order valence-electron chi connectivity index (χ2n) is 10.9. The van der Waals surface area contributed by atoms with Crippen molar-refractivity contribution < 1.29 is 34.5 Å². The number of carbonyl (C=O) groups is 2. The number of nitrogens with zero attached hydrogens (tertiary/aromatic N) is 1. The zero-order valence-electron chi connectivity index (χ0n) is 24.6. The molecule has 0 unspecified atom stereocenters. The van der Waals surface area contributed by atoms with Crippen molar-refractivity contribution in [2.24, 2.45) is 0 Å². The van der Waals surface area contributed by atoms with Gasteiger partial charge >= 0.3 is 0 Å². The van der Waals surface area contributed by atoms with Crippen LogP contribution in [0.4, 0.5) is 5.69 Å². The highest BCUT2D eigenvalue weighted by Gasteiger charge is 2.34. The largest absolute Gasteiger partial charge is 0.392 e. The lowest BCUT2D eigenvalue weighted by molar-refractivity contribution is -0.253. The maximum absolute atomic E-state index is 12.4. The molecule has 0 spiro atoms. The molecule has 4 rings (SSSR count). The lowest BCUT2D eigenvalue weighted by atomic mass is 9.98. The molecular formula is C33H41N3O7. The molecule has 0 aromatic heterocycles. The fraction of sp³-hybridized carbons (Fsp3) is 0.394. The van der Waals surface area contributed by atoms with Crippen molar-refractivity contribution in [1.29, 1.82) is 0 Å². The molecule has 1 aliphatic rings. The van der Waals surface area contributed by atoms with Crippen molar-refractivity contribution in [3.63, 3.8) is 0 Å². The minimum absolute atomic E-state index is 0.0419. The normalized spacial score (nSPS) is 19.9. The van der Waals surface area contributed by atoms with Crippen molar-refractivity contribution in [2.75, 3.05) is 18.9 Å². The predicted octanol–water partition coefficient (Wildman–Crippen LogP) is 4.39. The van der Waals surface area contributed by atoms with Crippen LogP contribution >= 0.6 is 0 Å². The second kappa shape index (κ2) is 15.7. The lowest BCUT2D eigenvalue weighted by Crippen LogP contribution is -2.43. The van der Waals surface area contributed by atoms with Crippen LogP contribution in [0.2, 0.25) is 0 Å². The number of aliphatic hydroxyl groups is 2. The van der Waals surface area contributed by atoms with Gasteiger partial charge in [-0.15, -0.1) is 0 Å². The standard InChI is InChI=1S/C33H41N3O7/c1-22(32(40)25-8-4-3-5-9-25)36(2)20-28-19-29(24-16-14-23(21-37)15-17-24)43-33(42-28)26-10-6-11-27(18-26)34-30(38)12-7-13-31(39)35-41/h3-6,8-11,14-18,22,28-29,32-33,37,40-41H,7,12-13,19-21H2,1-2H3,(H,34,38)(H,35,39)/t22-,28-,29+,32-,33+/m0/s1. The molecule has 3 aromatic carbocycles. The smallest absolute Gasteiger partial charge is 0.243 e. The predicted molar refractivity (Wildman–Crippen MR) is 161 cm³/mol. The Labute approximate surface area is 252 Å². The van der Waals surface area contributed by atoms with Gasteiger partial charge in [0.15, 0.2) is 6.29 Å². The highest BCUT2D eigenvalue weighted by Crippen LogP contribution is 2.39. The summed E-state index contributed by atoms with van der Waals surface area (Å²) < 4.78 is 12.9. The number of anilines is 1. The molecule has 1 heterocycles. The maximum Gasteiger partial charge on any atom is 0.243 e. The van der Waals surface area contributed by atoms with E-state index in [1.807, 2.05) is 86.8 Å². The minimum atomic E-state index is -0.714. The van der Waals surface area contributed by atoms with E-state index < -0.39 is 18.3 Å². The van der Waals surface area contributed by atoms with Gasteiger partial charge in [0.2, 0.25) is 11.8 Å². The maximum atomic E-state index is 12.4. The quantitative estimate of drug-likeness (QED) is 0.146. The summed E-state index contributed by atoms with van der Waals surface area (Å²) in [7, 11) is 1.97. The van der Waals surface area contributed by atoms with Crippen LogP contribution in [0.3, 0.4) is 0 Å². The van der Waals surface area contributed by atoms with E-state index >= 15 is 0 Å². The van der Waals surface area contributed by atoms with E-state index in [0.29, 0.717) is 25.1 Å². The first-order chi connectivity index (χ1) is 20.8. The number of carbonyl (C=O) groups excluding carboxylic acids is 2.